The van der Waals surface area contributed by atoms with Crippen LogP contribution in [0.15, 0.2) is 0 Å². The maximum atomic E-state index is 12.1. The van der Waals surface area contributed by atoms with E-state index in [4.69, 9.17) is 0 Å². The van der Waals surface area contributed by atoms with Crippen LogP contribution in [0.3, 0.4) is 0 Å². The minimum absolute atomic E-state index is 0.148. The lowest BCUT2D eigenvalue weighted by atomic mass is 9.88. The molecule has 1 aliphatic heterocycles. The molecule has 2 aliphatic rings. The molecule has 3 unspecified atom stereocenters. The van der Waals surface area contributed by atoms with Crippen LogP contribution in [0, 0.1) is 11.8 Å². The summed E-state index contributed by atoms with van der Waals surface area (Å²) in [6.45, 7) is 6.64. The number of nitrogens with zero attached hydrogens (tertiary/aromatic N) is 1. The standard InChI is InChI=1S/C17H32N2O2/c1-13(2)9-10-18-17(21)12-19-11-4-3-7-15(19)14-6-5-8-16(14)20/h13-16,20H,3-12H2,1-2H3,(H,18,21). The third-order valence-corrected chi connectivity index (χ3v) is 5.08. The fourth-order valence-corrected chi connectivity index (χ4v) is 3.86. The summed E-state index contributed by atoms with van der Waals surface area (Å²) < 4.78 is 0. The second kappa shape index (κ2) is 8.14. The van der Waals surface area contributed by atoms with E-state index >= 15 is 0 Å². The first-order valence-electron chi connectivity index (χ1n) is 8.76. The summed E-state index contributed by atoms with van der Waals surface area (Å²) in [7, 11) is 0. The Morgan fingerprint density at radius 1 is 1.24 bits per heavy atom. The number of carbonyl (C=O) groups excluding carboxylic acids is 1. The number of piperidine rings is 1. The number of nitrogens with one attached hydrogen (secondary N) is 1. The predicted octanol–water partition coefficient (Wildman–Crippen LogP) is 2.16. The molecule has 0 aromatic carbocycles. The van der Waals surface area contributed by atoms with Gasteiger partial charge in [-0.1, -0.05) is 26.7 Å². The van der Waals surface area contributed by atoms with Crippen LogP contribution >= 0.6 is 0 Å². The Morgan fingerprint density at radius 2 is 2.05 bits per heavy atom. The largest absolute Gasteiger partial charge is 0.393 e. The molecule has 4 nitrogen and oxygen atoms in total. The monoisotopic (exact) mass is 296 g/mol. The van der Waals surface area contributed by atoms with Crippen molar-refractivity contribution in [3.8, 4) is 0 Å². The number of hydrogen-bond acceptors (Lipinski definition) is 3. The first-order chi connectivity index (χ1) is 10.1. The van der Waals surface area contributed by atoms with E-state index in [9.17, 15) is 9.90 Å². The minimum Gasteiger partial charge on any atom is -0.393 e. The van der Waals surface area contributed by atoms with E-state index in [2.05, 4.69) is 24.1 Å². The average Bonchev–Trinajstić information content (AvgIpc) is 2.85. The number of rotatable bonds is 6. The Labute approximate surface area is 129 Å². The summed E-state index contributed by atoms with van der Waals surface area (Å²) in [5.41, 5.74) is 0. The Bertz CT molecular complexity index is 333. The quantitative estimate of drug-likeness (QED) is 0.790. The number of aliphatic hydroxyl groups excluding tert-OH is 1. The molecule has 21 heavy (non-hydrogen) atoms. The lowest BCUT2D eigenvalue weighted by molar-refractivity contribution is -0.123. The molecule has 1 heterocycles. The second-order valence-electron chi connectivity index (χ2n) is 7.23. The number of hydrogen-bond donors (Lipinski definition) is 2. The summed E-state index contributed by atoms with van der Waals surface area (Å²) in [4.78, 5) is 14.4. The zero-order valence-corrected chi connectivity index (χ0v) is 13.7. The average molecular weight is 296 g/mol. The summed E-state index contributed by atoms with van der Waals surface area (Å²) in [6, 6.07) is 0.409. The molecule has 0 bridgehead atoms. The highest BCUT2D eigenvalue weighted by Crippen LogP contribution is 2.34. The van der Waals surface area contributed by atoms with Crippen molar-refractivity contribution in [2.45, 2.75) is 70.9 Å². The number of aliphatic hydroxyl groups is 1. The van der Waals surface area contributed by atoms with Crippen molar-refractivity contribution in [1.82, 2.24) is 10.2 Å². The molecule has 4 heteroatoms. The van der Waals surface area contributed by atoms with Crippen molar-refractivity contribution in [3.63, 3.8) is 0 Å². The SMILES string of the molecule is CC(C)CCNC(=O)CN1CCCCC1C1CCCC1O. The third-order valence-electron chi connectivity index (χ3n) is 5.08. The topological polar surface area (TPSA) is 52.6 Å². The van der Waals surface area contributed by atoms with Crippen LogP contribution in [0.1, 0.15) is 58.8 Å². The van der Waals surface area contributed by atoms with Gasteiger partial charge >= 0.3 is 0 Å². The summed E-state index contributed by atoms with van der Waals surface area (Å²) in [5.74, 6) is 1.16. The second-order valence-corrected chi connectivity index (χ2v) is 7.23. The van der Waals surface area contributed by atoms with Crippen molar-refractivity contribution in [1.29, 1.82) is 0 Å². The Morgan fingerprint density at radius 3 is 2.71 bits per heavy atom. The van der Waals surface area contributed by atoms with E-state index in [0.29, 0.717) is 24.4 Å². The van der Waals surface area contributed by atoms with Gasteiger partial charge in [-0.15, -0.1) is 0 Å². The van der Waals surface area contributed by atoms with E-state index in [-0.39, 0.29) is 12.0 Å². The van der Waals surface area contributed by atoms with Crippen LogP contribution in [0.2, 0.25) is 0 Å². The molecule has 1 amide bonds. The number of amides is 1. The Kier molecular flexibility index (Phi) is 6.49. The molecular formula is C17H32N2O2. The van der Waals surface area contributed by atoms with Gasteiger partial charge < -0.3 is 10.4 Å². The van der Waals surface area contributed by atoms with E-state index < -0.39 is 0 Å². The number of carbonyl (C=O) groups is 1. The van der Waals surface area contributed by atoms with Crippen LogP contribution in [0.25, 0.3) is 0 Å². The van der Waals surface area contributed by atoms with Gasteiger partial charge in [0.2, 0.25) is 5.91 Å². The fraction of sp³-hybridized carbons (Fsp3) is 0.941. The van der Waals surface area contributed by atoms with E-state index in [1.807, 2.05) is 0 Å². The van der Waals surface area contributed by atoms with Gasteiger partial charge in [0.15, 0.2) is 0 Å². The van der Waals surface area contributed by atoms with Crippen molar-refractivity contribution < 1.29 is 9.90 Å². The molecule has 3 atom stereocenters. The zero-order chi connectivity index (χ0) is 15.2. The van der Waals surface area contributed by atoms with Gasteiger partial charge in [-0.25, -0.2) is 0 Å². The maximum Gasteiger partial charge on any atom is 0.234 e. The third kappa shape index (κ3) is 4.96. The highest BCUT2D eigenvalue weighted by molar-refractivity contribution is 5.78. The summed E-state index contributed by atoms with van der Waals surface area (Å²) in [5, 5.41) is 13.2. The smallest absolute Gasteiger partial charge is 0.234 e. The highest BCUT2D eigenvalue weighted by atomic mass is 16.3. The predicted molar refractivity (Wildman–Crippen MR) is 85.0 cm³/mol. The van der Waals surface area contributed by atoms with Gasteiger partial charge in [-0.2, -0.15) is 0 Å². The Hall–Kier alpha value is -0.610. The van der Waals surface area contributed by atoms with E-state index in [1.54, 1.807) is 0 Å². The van der Waals surface area contributed by atoms with E-state index in [0.717, 1.165) is 45.2 Å². The van der Waals surface area contributed by atoms with Crippen LogP contribution in [-0.2, 0) is 4.79 Å². The molecule has 0 radical (unpaired) electrons. The van der Waals surface area contributed by atoms with Gasteiger partial charge in [0, 0.05) is 18.5 Å². The first kappa shape index (κ1) is 16.8. The summed E-state index contributed by atoms with van der Waals surface area (Å²) in [6.07, 6.45) is 7.64. The maximum absolute atomic E-state index is 12.1. The lowest BCUT2D eigenvalue weighted by Gasteiger charge is -2.40. The van der Waals surface area contributed by atoms with Gasteiger partial charge in [0.25, 0.3) is 0 Å². The molecule has 2 rings (SSSR count). The van der Waals surface area contributed by atoms with Gasteiger partial charge in [-0.3, -0.25) is 9.69 Å². The van der Waals surface area contributed by atoms with Gasteiger partial charge in [0.05, 0.1) is 12.6 Å². The molecule has 2 N–H and O–H groups in total. The van der Waals surface area contributed by atoms with E-state index in [1.165, 1.54) is 12.8 Å². The minimum atomic E-state index is -0.153. The summed E-state index contributed by atoms with van der Waals surface area (Å²) >= 11 is 0. The molecule has 0 aromatic heterocycles. The molecule has 1 aliphatic carbocycles. The van der Waals surface area contributed by atoms with Gasteiger partial charge in [-0.05, 0) is 44.6 Å². The van der Waals surface area contributed by atoms with Crippen molar-refractivity contribution in [2.75, 3.05) is 19.6 Å². The molecule has 1 saturated carbocycles. The normalized spacial score (nSPS) is 30.8. The molecule has 2 fully saturated rings. The first-order valence-corrected chi connectivity index (χ1v) is 8.76. The lowest BCUT2D eigenvalue weighted by Crippen LogP contribution is -2.50. The molecule has 1 saturated heterocycles. The fourth-order valence-electron chi connectivity index (χ4n) is 3.86. The zero-order valence-electron chi connectivity index (χ0n) is 13.7. The van der Waals surface area contributed by atoms with Crippen molar-refractivity contribution >= 4 is 5.91 Å². The van der Waals surface area contributed by atoms with Crippen molar-refractivity contribution in [2.24, 2.45) is 11.8 Å². The highest BCUT2D eigenvalue weighted by Gasteiger charge is 2.37. The molecule has 0 aromatic rings. The van der Waals surface area contributed by atoms with Crippen LogP contribution in [0.5, 0.6) is 0 Å². The molecule has 122 valence electrons. The van der Waals surface area contributed by atoms with Crippen molar-refractivity contribution in [3.05, 3.63) is 0 Å². The molecule has 0 spiro atoms. The Balaban J connectivity index is 1.82. The van der Waals surface area contributed by atoms with Crippen LogP contribution < -0.4 is 5.32 Å². The van der Waals surface area contributed by atoms with Crippen LogP contribution in [-0.4, -0.2) is 47.7 Å². The van der Waals surface area contributed by atoms with Crippen LogP contribution in [0.4, 0.5) is 0 Å². The molecular weight excluding hydrogens is 264 g/mol. The number of likely N-dealkylation sites (tertiary alicyclic amines) is 1. The van der Waals surface area contributed by atoms with Gasteiger partial charge in [0.1, 0.15) is 0 Å².